The molecule has 28 heavy (non-hydrogen) atoms. The quantitative estimate of drug-likeness (QED) is 0.460. The van der Waals surface area contributed by atoms with Gasteiger partial charge in [-0.25, -0.2) is 4.79 Å². The summed E-state index contributed by atoms with van der Waals surface area (Å²) >= 11 is 12.2. The molecule has 3 N–H and O–H groups in total. The van der Waals surface area contributed by atoms with Gasteiger partial charge < -0.3 is 20.3 Å². The molecule has 0 spiro atoms. The molecule has 1 atom stereocenters. The predicted molar refractivity (Wildman–Crippen MR) is 109 cm³/mol. The summed E-state index contributed by atoms with van der Waals surface area (Å²) in [7, 11) is 0. The number of halogens is 3. The highest BCUT2D eigenvalue weighted by Gasteiger charge is 2.24. The molecule has 1 heterocycles. The van der Waals surface area contributed by atoms with E-state index in [1.54, 1.807) is 13.0 Å². The van der Waals surface area contributed by atoms with Crippen LogP contribution in [0.15, 0.2) is 18.2 Å². The van der Waals surface area contributed by atoms with Crippen LogP contribution in [0.2, 0.25) is 10.0 Å². The number of aromatic hydroxyl groups is 1. The zero-order chi connectivity index (χ0) is 20.3. The molecule has 0 bridgehead atoms. The van der Waals surface area contributed by atoms with Crippen molar-refractivity contribution in [3.05, 3.63) is 39.8 Å². The van der Waals surface area contributed by atoms with Crippen LogP contribution in [0.25, 0.3) is 0 Å². The minimum absolute atomic E-state index is 0. The number of hydrogen-bond donors (Lipinski definition) is 3. The van der Waals surface area contributed by atoms with E-state index in [1.807, 2.05) is 13.8 Å². The Bertz CT molecular complexity index is 862. The molecule has 0 fully saturated rings. The maximum Gasteiger partial charge on any atom is 0.326 e. The topological polar surface area (TPSA) is 91.7 Å². The van der Waals surface area contributed by atoms with Gasteiger partial charge in [0.05, 0.1) is 0 Å². The molecule has 0 saturated heterocycles. The third-order valence-electron chi connectivity index (χ3n) is 3.86. The smallest absolute Gasteiger partial charge is 0.326 e. The van der Waals surface area contributed by atoms with Crippen LogP contribution in [0.1, 0.15) is 46.1 Å². The molecule has 9 heteroatoms. The lowest BCUT2D eigenvalue weighted by molar-refractivity contribution is -0.137. The molecule has 0 radical (unpaired) electrons. The summed E-state index contributed by atoms with van der Waals surface area (Å²) in [6.07, 6.45) is 0.226. The van der Waals surface area contributed by atoms with E-state index >= 15 is 0 Å². The number of ether oxygens (including phenoxy) is 1. The summed E-state index contributed by atoms with van der Waals surface area (Å²) in [5, 5.41) is 21.0. The number of aromatic nitrogens is 1. The fraction of sp³-hybridized carbons (Fsp3) is 0.368. The van der Waals surface area contributed by atoms with E-state index in [2.05, 4.69) is 10.3 Å². The molecule has 2 aromatic rings. The molecule has 1 aromatic heterocycles. The van der Waals surface area contributed by atoms with E-state index in [1.165, 1.54) is 12.1 Å². The highest BCUT2D eigenvalue weighted by atomic mass is 35.5. The minimum atomic E-state index is -1.13. The maximum atomic E-state index is 14.1. The summed E-state index contributed by atoms with van der Waals surface area (Å²) < 4.78 is 19.8. The van der Waals surface area contributed by atoms with Gasteiger partial charge in [0.25, 0.3) is 0 Å². The van der Waals surface area contributed by atoms with Gasteiger partial charge in [-0.05, 0) is 30.5 Å². The molecular formula is C19H23Cl2FN2O4. The van der Waals surface area contributed by atoms with E-state index in [4.69, 9.17) is 33.0 Å². The molecule has 2 rings (SSSR count). The fourth-order valence-electron chi connectivity index (χ4n) is 2.36. The van der Waals surface area contributed by atoms with Crippen molar-refractivity contribution >= 4 is 35.0 Å². The second-order valence-corrected chi connectivity index (χ2v) is 6.89. The Labute approximate surface area is 173 Å². The zero-order valence-electron chi connectivity index (χ0n) is 14.9. The van der Waals surface area contributed by atoms with E-state index in [-0.39, 0.29) is 47.9 Å². The Balaban J connectivity index is 0.00000392. The van der Waals surface area contributed by atoms with Crippen molar-refractivity contribution in [2.24, 2.45) is 0 Å². The van der Waals surface area contributed by atoms with Crippen LogP contribution < -0.4 is 10.1 Å². The first kappa shape index (κ1) is 23.8. The van der Waals surface area contributed by atoms with Crippen molar-refractivity contribution in [2.75, 3.05) is 5.32 Å². The fourth-order valence-corrected chi connectivity index (χ4v) is 2.81. The molecule has 0 aliphatic rings. The first-order valence-electron chi connectivity index (χ1n) is 8.20. The Kier molecular flexibility index (Phi) is 8.32. The Morgan fingerprint density at radius 3 is 2.50 bits per heavy atom. The van der Waals surface area contributed by atoms with Crippen LogP contribution in [-0.2, 0) is 4.79 Å². The number of phenols is 1. The number of aliphatic carboxylic acids is 1. The number of carboxylic acid groups (broad SMARTS) is 1. The lowest BCUT2D eigenvalue weighted by atomic mass is 10.0. The molecule has 0 aliphatic heterocycles. The predicted octanol–water partition coefficient (Wildman–Crippen LogP) is 6.06. The number of phenolic OH excluding ortho intramolecular Hbond substituents is 1. The van der Waals surface area contributed by atoms with Crippen molar-refractivity contribution in [3.8, 4) is 17.2 Å². The normalized spacial score (nSPS) is 11.7. The third-order valence-corrected chi connectivity index (χ3v) is 4.53. The van der Waals surface area contributed by atoms with Crippen LogP contribution in [0.3, 0.4) is 0 Å². The first-order chi connectivity index (χ1) is 12.6. The number of hydrogen-bond acceptors (Lipinski definition) is 5. The molecule has 1 aromatic carbocycles. The number of carboxylic acids is 1. The number of carbonyl (C=O) groups is 1. The van der Waals surface area contributed by atoms with Crippen LogP contribution in [0.5, 0.6) is 17.2 Å². The van der Waals surface area contributed by atoms with Crippen LogP contribution in [0, 0.1) is 5.95 Å². The summed E-state index contributed by atoms with van der Waals surface area (Å²) in [5.41, 5.74) is 0.629. The van der Waals surface area contributed by atoms with Gasteiger partial charge in [-0.3, -0.25) is 0 Å². The standard InChI is InChI=1S/C18H19Cl2FN2O4.CH4/c1-4-11(18(25)26)22-17-14(20)15(13(19)16(21)23-17)27-9-5-6-12(24)10(7-9)8(2)3;/h5-8,11,24H,4H2,1-3H3,(H,22,23)(H,25,26);1H4/t11-;/m0./s1. The third kappa shape index (κ3) is 5.17. The van der Waals surface area contributed by atoms with Gasteiger partial charge in [0, 0.05) is 5.56 Å². The van der Waals surface area contributed by atoms with Gasteiger partial charge in [-0.15, -0.1) is 0 Å². The summed E-state index contributed by atoms with van der Waals surface area (Å²) in [6.45, 7) is 5.43. The van der Waals surface area contributed by atoms with Crippen LogP contribution >= 0.6 is 23.2 Å². The van der Waals surface area contributed by atoms with Crippen molar-refractivity contribution in [1.29, 1.82) is 0 Å². The van der Waals surface area contributed by atoms with Crippen LogP contribution in [0.4, 0.5) is 10.2 Å². The molecular weight excluding hydrogens is 410 g/mol. The molecule has 0 unspecified atom stereocenters. The number of nitrogens with zero attached hydrogens (tertiary/aromatic N) is 1. The summed E-state index contributed by atoms with van der Waals surface area (Å²) in [6, 6.07) is 3.50. The maximum absolute atomic E-state index is 14.1. The van der Waals surface area contributed by atoms with Gasteiger partial charge in [-0.1, -0.05) is 51.4 Å². The van der Waals surface area contributed by atoms with Gasteiger partial charge in [0.1, 0.15) is 27.6 Å². The van der Waals surface area contributed by atoms with E-state index in [0.29, 0.717) is 5.56 Å². The monoisotopic (exact) mass is 432 g/mol. The summed E-state index contributed by atoms with van der Waals surface area (Å²) in [5.74, 6) is -2.17. The van der Waals surface area contributed by atoms with Crippen molar-refractivity contribution in [3.63, 3.8) is 0 Å². The highest BCUT2D eigenvalue weighted by Crippen LogP contribution is 2.42. The number of benzene rings is 1. The molecule has 0 aliphatic carbocycles. The average molecular weight is 433 g/mol. The number of nitrogens with one attached hydrogen (secondary N) is 1. The Morgan fingerprint density at radius 2 is 1.96 bits per heavy atom. The number of anilines is 1. The molecule has 6 nitrogen and oxygen atoms in total. The van der Waals surface area contributed by atoms with E-state index in [9.17, 15) is 14.3 Å². The van der Waals surface area contributed by atoms with Gasteiger partial charge >= 0.3 is 5.97 Å². The van der Waals surface area contributed by atoms with Gasteiger partial charge in [0.15, 0.2) is 11.6 Å². The zero-order valence-corrected chi connectivity index (χ0v) is 16.4. The van der Waals surface area contributed by atoms with Crippen LogP contribution in [-0.4, -0.2) is 27.2 Å². The average Bonchev–Trinajstić information content (AvgIpc) is 2.61. The lowest BCUT2D eigenvalue weighted by Crippen LogP contribution is -2.29. The van der Waals surface area contributed by atoms with E-state index < -0.39 is 23.0 Å². The lowest BCUT2D eigenvalue weighted by Gasteiger charge is -2.18. The van der Waals surface area contributed by atoms with Gasteiger partial charge in [-0.2, -0.15) is 9.37 Å². The Hall–Kier alpha value is -2.25. The second-order valence-electron chi connectivity index (χ2n) is 6.13. The highest BCUT2D eigenvalue weighted by molar-refractivity contribution is 6.38. The first-order valence-corrected chi connectivity index (χ1v) is 8.95. The molecule has 0 amide bonds. The van der Waals surface area contributed by atoms with E-state index in [0.717, 1.165) is 0 Å². The van der Waals surface area contributed by atoms with Crippen molar-refractivity contribution in [2.45, 2.75) is 46.6 Å². The minimum Gasteiger partial charge on any atom is -0.508 e. The Morgan fingerprint density at radius 1 is 1.32 bits per heavy atom. The van der Waals surface area contributed by atoms with Crippen molar-refractivity contribution in [1.82, 2.24) is 4.98 Å². The largest absolute Gasteiger partial charge is 0.508 e. The van der Waals surface area contributed by atoms with Gasteiger partial charge in [0.2, 0.25) is 5.95 Å². The number of pyridine rings is 1. The van der Waals surface area contributed by atoms with Crippen molar-refractivity contribution < 1.29 is 24.1 Å². The molecule has 0 saturated carbocycles. The number of rotatable bonds is 7. The molecule has 154 valence electrons. The SMILES string of the molecule is C.CC[C@H](Nc1nc(F)c(Cl)c(Oc2ccc(O)c(C(C)C)c2)c1Cl)C(=O)O. The summed E-state index contributed by atoms with van der Waals surface area (Å²) in [4.78, 5) is 14.8. The second kappa shape index (κ2) is 9.80.